The van der Waals surface area contributed by atoms with Crippen molar-refractivity contribution in [1.29, 1.82) is 0 Å². The molecule has 0 aliphatic carbocycles. The molecule has 2 N–H and O–H groups in total. The van der Waals surface area contributed by atoms with Crippen molar-refractivity contribution < 1.29 is 10.0 Å². The monoisotopic (exact) mass is 228 g/mol. The maximum atomic E-state index is 10.8. The Balaban J connectivity index is 2.99. The maximum Gasteiger partial charge on any atom is 0.333 e. The minimum absolute atomic E-state index is 0.0493. The summed E-state index contributed by atoms with van der Waals surface area (Å²) in [7, 11) is 1.62. The van der Waals surface area contributed by atoms with Gasteiger partial charge in [0.1, 0.15) is 5.69 Å². The molecule has 0 bridgehead atoms. The van der Waals surface area contributed by atoms with Crippen molar-refractivity contribution in [2.45, 2.75) is 26.4 Å². The molecule has 0 aliphatic rings. The Kier molecular flexibility index (Phi) is 3.18. The maximum absolute atomic E-state index is 10.8. The van der Waals surface area contributed by atoms with Gasteiger partial charge in [-0.05, 0) is 20.8 Å². The van der Waals surface area contributed by atoms with Gasteiger partial charge in [-0.2, -0.15) is 5.10 Å². The summed E-state index contributed by atoms with van der Waals surface area (Å²) >= 11 is 0. The van der Waals surface area contributed by atoms with Gasteiger partial charge in [0, 0.05) is 13.6 Å². The van der Waals surface area contributed by atoms with Crippen molar-refractivity contribution in [1.82, 2.24) is 9.78 Å². The summed E-state index contributed by atoms with van der Waals surface area (Å²) in [6.07, 6.45) is 0. The van der Waals surface area contributed by atoms with Crippen molar-refractivity contribution in [2.75, 3.05) is 11.9 Å². The second-order valence-corrected chi connectivity index (χ2v) is 4.33. The number of rotatable bonds is 4. The van der Waals surface area contributed by atoms with Gasteiger partial charge in [0.05, 0.1) is 10.5 Å². The number of aliphatic hydroxyl groups is 1. The molecule has 0 saturated heterocycles. The Labute approximate surface area is 93.2 Å². The van der Waals surface area contributed by atoms with Crippen LogP contribution in [0.1, 0.15) is 19.5 Å². The topological polar surface area (TPSA) is 93.2 Å². The highest BCUT2D eigenvalue weighted by Crippen LogP contribution is 2.27. The van der Waals surface area contributed by atoms with E-state index < -0.39 is 10.5 Å². The fraction of sp³-hybridized carbons (Fsp3) is 0.667. The molecule has 7 nitrogen and oxygen atoms in total. The average Bonchev–Trinajstić information content (AvgIpc) is 2.35. The molecule has 0 aliphatic heterocycles. The third kappa shape index (κ3) is 2.69. The minimum Gasteiger partial charge on any atom is -0.389 e. The first-order valence-electron chi connectivity index (χ1n) is 4.86. The summed E-state index contributed by atoms with van der Waals surface area (Å²) in [5, 5.41) is 27.2. The lowest BCUT2D eigenvalue weighted by Gasteiger charge is -2.17. The van der Waals surface area contributed by atoms with Crippen LogP contribution in [0, 0.1) is 17.0 Å². The first kappa shape index (κ1) is 12.4. The van der Waals surface area contributed by atoms with Crippen LogP contribution in [0.3, 0.4) is 0 Å². The molecule has 1 aromatic rings. The molecule has 7 heteroatoms. The van der Waals surface area contributed by atoms with Crippen LogP contribution in [0.25, 0.3) is 0 Å². The van der Waals surface area contributed by atoms with E-state index >= 15 is 0 Å². The van der Waals surface area contributed by atoms with Crippen LogP contribution in [0.4, 0.5) is 11.5 Å². The molecule has 1 heterocycles. The number of nitrogens with zero attached hydrogens (tertiary/aromatic N) is 3. The normalized spacial score (nSPS) is 11.6. The number of hydrogen-bond acceptors (Lipinski definition) is 5. The standard InChI is InChI=1S/C9H16N4O3/c1-6-7(13(15)16)8(12(4)11-6)10-5-9(2,3)14/h10,14H,5H2,1-4H3. The fourth-order valence-electron chi connectivity index (χ4n) is 1.36. The highest BCUT2D eigenvalue weighted by atomic mass is 16.6. The molecular weight excluding hydrogens is 212 g/mol. The minimum atomic E-state index is -0.938. The van der Waals surface area contributed by atoms with Crippen molar-refractivity contribution in [2.24, 2.45) is 7.05 Å². The molecule has 0 atom stereocenters. The van der Waals surface area contributed by atoms with Crippen LogP contribution in [0.15, 0.2) is 0 Å². The van der Waals surface area contributed by atoms with Gasteiger partial charge in [-0.1, -0.05) is 0 Å². The molecule has 1 aromatic heterocycles. The molecule has 90 valence electrons. The first-order chi connectivity index (χ1) is 7.22. The Morgan fingerprint density at radius 2 is 2.19 bits per heavy atom. The van der Waals surface area contributed by atoms with Crippen molar-refractivity contribution >= 4 is 11.5 Å². The van der Waals surface area contributed by atoms with Gasteiger partial charge in [-0.3, -0.25) is 10.1 Å². The molecule has 0 unspecified atom stereocenters. The van der Waals surface area contributed by atoms with Crippen LogP contribution >= 0.6 is 0 Å². The lowest BCUT2D eigenvalue weighted by atomic mass is 10.1. The number of nitro groups is 1. The predicted molar refractivity (Wildman–Crippen MR) is 59.4 cm³/mol. The number of aryl methyl sites for hydroxylation is 2. The van der Waals surface area contributed by atoms with E-state index in [1.165, 1.54) is 4.68 Å². The molecule has 0 aromatic carbocycles. The zero-order valence-corrected chi connectivity index (χ0v) is 9.81. The fourth-order valence-corrected chi connectivity index (χ4v) is 1.36. The second kappa shape index (κ2) is 4.09. The van der Waals surface area contributed by atoms with Gasteiger partial charge in [0.2, 0.25) is 5.82 Å². The van der Waals surface area contributed by atoms with E-state index in [4.69, 9.17) is 0 Å². The zero-order valence-electron chi connectivity index (χ0n) is 9.81. The third-order valence-electron chi connectivity index (χ3n) is 2.06. The van der Waals surface area contributed by atoms with E-state index in [0.29, 0.717) is 11.5 Å². The zero-order chi connectivity index (χ0) is 12.5. The molecule has 0 saturated carbocycles. The van der Waals surface area contributed by atoms with Crippen LogP contribution < -0.4 is 5.32 Å². The Morgan fingerprint density at radius 1 is 1.62 bits per heavy atom. The molecule has 0 amide bonds. The van der Waals surface area contributed by atoms with Gasteiger partial charge < -0.3 is 10.4 Å². The predicted octanol–water partition coefficient (Wildman–Crippen LogP) is 0.820. The second-order valence-electron chi connectivity index (χ2n) is 4.33. The summed E-state index contributed by atoms with van der Waals surface area (Å²) < 4.78 is 1.40. The Morgan fingerprint density at radius 3 is 2.62 bits per heavy atom. The number of anilines is 1. The van der Waals surface area contributed by atoms with Crippen molar-refractivity contribution in [3.63, 3.8) is 0 Å². The smallest absolute Gasteiger partial charge is 0.333 e. The van der Waals surface area contributed by atoms with Gasteiger partial charge in [0.15, 0.2) is 0 Å². The van der Waals surface area contributed by atoms with Crippen molar-refractivity contribution in [3.8, 4) is 0 Å². The Bertz CT molecular complexity index is 406. The number of hydrogen-bond donors (Lipinski definition) is 2. The van der Waals surface area contributed by atoms with Gasteiger partial charge in [-0.25, -0.2) is 4.68 Å². The van der Waals surface area contributed by atoms with Crippen LogP contribution in [0.2, 0.25) is 0 Å². The van der Waals surface area contributed by atoms with E-state index in [-0.39, 0.29) is 12.2 Å². The number of nitrogens with one attached hydrogen (secondary N) is 1. The Hall–Kier alpha value is -1.63. The van der Waals surface area contributed by atoms with Gasteiger partial charge in [0.25, 0.3) is 0 Å². The molecule has 0 spiro atoms. The largest absolute Gasteiger partial charge is 0.389 e. The summed E-state index contributed by atoms with van der Waals surface area (Å²) in [5.41, 5.74) is -0.635. The summed E-state index contributed by atoms with van der Waals surface area (Å²) in [6, 6.07) is 0. The van der Waals surface area contributed by atoms with Gasteiger partial charge >= 0.3 is 5.69 Å². The summed E-state index contributed by atoms with van der Waals surface area (Å²) in [4.78, 5) is 10.4. The molecule has 0 fully saturated rings. The van der Waals surface area contributed by atoms with Crippen LogP contribution in [0.5, 0.6) is 0 Å². The summed E-state index contributed by atoms with van der Waals surface area (Å²) in [5.74, 6) is 0.310. The lowest BCUT2D eigenvalue weighted by molar-refractivity contribution is -0.384. The highest BCUT2D eigenvalue weighted by molar-refractivity contribution is 5.59. The molecule has 16 heavy (non-hydrogen) atoms. The van der Waals surface area contributed by atoms with Crippen molar-refractivity contribution in [3.05, 3.63) is 15.8 Å². The van der Waals surface area contributed by atoms with E-state index in [2.05, 4.69) is 10.4 Å². The lowest BCUT2D eigenvalue weighted by Crippen LogP contribution is -2.30. The third-order valence-corrected chi connectivity index (χ3v) is 2.06. The van der Waals surface area contributed by atoms with E-state index in [0.717, 1.165) is 0 Å². The van der Waals surface area contributed by atoms with E-state index in [9.17, 15) is 15.2 Å². The quantitative estimate of drug-likeness (QED) is 0.587. The first-order valence-corrected chi connectivity index (χ1v) is 4.86. The molecule has 1 rings (SSSR count). The van der Waals surface area contributed by atoms with Crippen LogP contribution in [-0.2, 0) is 7.05 Å². The SMILES string of the molecule is Cc1nn(C)c(NCC(C)(C)O)c1[N+](=O)[O-]. The summed E-state index contributed by atoms with van der Waals surface area (Å²) in [6.45, 7) is 5.03. The van der Waals surface area contributed by atoms with E-state index in [1.807, 2.05) is 0 Å². The number of aromatic nitrogens is 2. The highest BCUT2D eigenvalue weighted by Gasteiger charge is 2.25. The van der Waals surface area contributed by atoms with Gasteiger partial charge in [-0.15, -0.1) is 0 Å². The molecule has 0 radical (unpaired) electrons. The van der Waals surface area contributed by atoms with Crippen LogP contribution in [-0.4, -0.2) is 32.0 Å². The molecular formula is C9H16N4O3. The van der Waals surface area contributed by atoms with E-state index in [1.54, 1.807) is 27.8 Å². The average molecular weight is 228 g/mol.